The SMILES string of the molecule is O=Cc1ccc(OCCOCCOCCOc2ccc(-c3ccc(OCCOCCOCCOc4ccc(C=O)cc4)cc3)cc2)cc1. The van der Waals surface area contributed by atoms with Crippen LogP contribution in [0.5, 0.6) is 23.0 Å². The zero-order valence-corrected chi connectivity index (χ0v) is 27.0. The van der Waals surface area contributed by atoms with Crippen molar-refractivity contribution in [2.45, 2.75) is 0 Å². The highest BCUT2D eigenvalue weighted by atomic mass is 16.6. The van der Waals surface area contributed by atoms with Crippen LogP contribution < -0.4 is 18.9 Å². The molecule has 0 aliphatic heterocycles. The molecule has 0 radical (unpaired) electrons. The second kappa shape index (κ2) is 21.9. The molecule has 0 fully saturated rings. The van der Waals surface area contributed by atoms with Gasteiger partial charge in [0.25, 0.3) is 0 Å². The normalized spacial score (nSPS) is 10.8. The minimum absolute atomic E-state index is 0.423. The summed E-state index contributed by atoms with van der Waals surface area (Å²) in [6.07, 6.45) is 1.60. The first kappa shape index (κ1) is 36.1. The Morgan fingerprint density at radius 1 is 0.312 bits per heavy atom. The summed E-state index contributed by atoms with van der Waals surface area (Å²) in [6.45, 7) is 5.42. The molecule has 0 bridgehead atoms. The zero-order chi connectivity index (χ0) is 33.5. The number of rotatable bonds is 25. The van der Waals surface area contributed by atoms with Gasteiger partial charge in [-0.05, 0) is 83.9 Å². The van der Waals surface area contributed by atoms with Crippen molar-refractivity contribution in [3.63, 3.8) is 0 Å². The lowest BCUT2D eigenvalue weighted by Crippen LogP contribution is -2.13. The van der Waals surface area contributed by atoms with Crippen LogP contribution in [-0.4, -0.2) is 91.9 Å². The van der Waals surface area contributed by atoms with Gasteiger partial charge in [-0.15, -0.1) is 0 Å². The van der Waals surface area contributed by atoms with E-state index in [4.69, 9.17) is 37.9 Å². The van der Waals surface area contributed by atoms with Crippen LogP contribution in [0.15, 0.2) is 97.1 Å². The first-order valence-corrected chi connectivity index (χ1v) is 15.9. The first-order chi connectivity index (χ1) is 23.7. The predicted octanol–water partition coefficient (Wildman–Crippen LogP) is 5.96. The van der Waals surface area contributed by atoms with E-state index in [2.05, 4.69) is 0 Å². The number of carbonyl (C=O) groups excluding carboxylic acids is 2. The van der Waals surface area contributed by atoms with Crippen LogP contribution in [0.3, 0.4) is 0 Å². The van der Waals surface area contributed by atoms with E-state index >= 15 is 0 Å². The maximum atomic E-state index is 10.7. The summed E-state index contributed by atoms with van der Waals surface area (Å²) < 4.78 is 44.9. The summed E-state index contributed by atoms with van der Waals surface area (Å²) in [5.41, 5.74) is 3.39. The molecule has 0 saturated heterocycles. The average molecular weight is 659 g/mol. The molecule has 4 rings (SSSR count). The molecule has 0 saturated carbocycles. The molecule has 4 aromatic rings. The molecule has 10 heteroatoms. The van der Waals surface area contributed by atoms with Crippen LogP contribution in [0.2, 0.25) is 0 Å². The third-order valence-corrected chi connectivity index (χ3v) is 6.80. The summed E-state index contributed by atoms with van der Waals surface area (Å²) in [7, 11) is 0. The molecule has 0 amide bonds. The van der Waals surface area contributed by atoms with Gasteiger partial charge in [-0.1, -0.05) is 24.3 Å². The van der Waals surface area contributed by atoms with E-state index in [0.717, 1.165) is 35.2 Å². The molecule has 0 unspecified atom stereocenters. The first-order valence-electron chi connectivity index (χ1n) is 15.9. The third-order valence-electron chi connectivity index (χ3n) is 6.80. The van der Waals surface area contributed by atoms with Crippen LogP contribution in [0, 0.1) is 0 Å². The molecule has 0 spiro atoms. The van der Waals surface area contributed by atoms with Gasteiger partial charge in [-0.3, -0.25) is 9.59 Å². The van der Waals surface area contributed by atoms with Crippen molar-refractivity contribution >= 4 is 12.6 Å². The monoisotopic (exact) mass is 658 g/mol. The van der Waals surface area contributed by atoms with Gasteiger partial charge in [0.15, 0.2) is 0 Å². The van der Waals surface area contributed by atoms with E-state index in [1.54, 1.807) is 48.5 Å². The van der Waals surface area contributed by atoms with Crippen molar-refractivity contribution in [1.29, 1.82) is 0 Å². The van der Waals surface area contributed by atoms with Crippen molar-refractivity contribution in [3.8, 4) is 34.1 Å². The number of ether oxygens (including phenoxy) is 8. The lowest BCUT2D eigenvalue weighted by molar-refractivity contribution is 0.0273. The van der Waals surface area contributed by atoms with Gasteiger partial charge in [0.2, 0.25) is 0 Å². The van der Waals surface area contributed by atoms with Crippen molar-refractivity contribution < 1.29 is 47.5 Å². The lowest BCUT2D eigenvalue weighted by Gasteiger charge is -2.10. The fourth-order valence-corrected chi connectivity index (χ4v) is 4.29. The topological polar surface area (TPSA) is 108 Å². The molecular formula is C38H42O10. The van der Waals surface area contributed by atoms with Gasteiger partial charge in [0, 0.05) is 11.1 Å². The number of aldehydes is 2. The van der Waals surface area contributed by atoms with Crippen LogP contribution in [-0.2, 0) is 18.9 Å². The molecule has 0 heterocycles. The highest BCUT2D eigenvalue weighted by Crippen LogP contribution is 2.24. The predicted molar refractivity (Wildman–Crippen MR) is 181 cm³/mol. The fraction of sp³-hybridized carbons (Fsp3) is 0.316. The molecule has 254 valence electrons. The van der Waals surface area contributed by atoms with Gasteiger partial charge >= 0.3 is 0 Å². The van der Waals surface area contributed by atoms with E-state index in [1.165, 1.54) is 0 Å². The maximum absolute atomic E-state index is 10.7. The van der Waals surface area contributed by atoms with Crippen LogP contribution in [0.1, 0.15) is 20.7 Å². The van der Waals surface area contributed by atoms with Crippen molar-refractivity contribution in [3.05, 3.63) is 108 Å². The zero-order valence-electron chi connectivity index (χ0n) is 27.0. The molecule has 0 atom stereocenters. The van der Waals surface area contributed by atoms with Crippen molar-refractivity contribution in [2.24, 2.45) is 0 Å². The van der Waals surface area contributed by atoms with Crippen LogP contribution >= 0.6 is 0 Å². The standard InChI is InChI=1S/C38H42O10/c39-29-31-1-9-35(10-2-31)45-25-21-41-17-19-43-23-27-47-37-13-5-33(6-14-37)34-7-15-38(16-8-34)48-28-24-44-20-18-42-22-26-46-36-11-3-32(30-40)4-12-36/h1-16,29-30H,17-28H2. The minimum Gasteiger partial charge on any atom is -0.491 e. The van der Waals surface area contributed by atoms with Crippen LogP contribution in [0.25, 0.3) is 11.1 Å². The quantitative estimate of drug-likeness (QED) is 0.0625. The van der Waals surface area contributed by atoms with Gasteiger partial charge in [0.05, 0.1) is 52.9 Å². The largest absolute Gasteiger partial charge is 0.491 e. The molecular weight excluding hydrogens is 616 g/mol. The number of hydrogen-bond acceptors (Lipinski definition) is 10. The lowest BCUT2D eigenvalue weighted by atomic mass is 10.1. The summed E-state index contributed by atoms with van der Waals surface area (Å²) >= 11 is 0. The Morgan fingerprint density at radius 3 is 0.792 bits per heavy atom. The Bertz CT molecular complexity index is 1330. The Kier molecular flexibility index (Phi) is 16.5. The highest BCUT2D eigenvalue weighted by Gasteiger charge is 2.02. The van der Waals surface area contributed by atoms with Crippen LogP contribution in [0.4, 0.5) is 0 Å². The molecule has 48 heavy (non-hydrogen) atoms. The molecule has 0 N–H and O–H groups in total. The second-order valence-electron chi connectivity index (χ2n) is 10.3. The van der Waals surface area contributed by atoms with E-state index in [0.29, 0.717) is 102 Å². The van der Waals surface area contributed by atoms with Gasteiger partial charge < -0.3 is 37.9 Å². The Morgan fingerprint density at radius 2 is 0.542 bits per heavy atom. The van der Waals surface area contributed by atoms with Crippen molar-refractivity contribution in [1.82, 2.24) is 0 Å². The summed E-state index contributed by atoms with van der Waals surface area (Å²) in [6, 6.07) is 29.7. The molecule has 0 aliphatic rings. The molecule has 0 aromatic heterocycles. The number of hydrogen-bond donors (Lipinski definition) is 0. The third kappa shape index (κ3) is 13.9. The fourth-order valence-electron chi connectivity index (χ4n) is 4.29. The number of carbonyl (C=O) groups is 2. The van der Waals surface area contributed by atoms with Gasteiger partial charge in [-0.25, -0.2) is 0 Å². The Hall–Kier alpha value is -4.74. The van der Waals surface area contributed by atoms with Gasteiger partial charge in [0.1, 0.15) is 62.0 Å². The van der Waals surface area contributed by atoms with E-state index in [-0.39, 0.29) is 0 Å². The van der Waals surface area contributed by atoms with Gasteiger partial charge in [-0.2, -0.15) is 0 Å². The second-order valence-corrected chi connectivity index (χ2v) is 10.3. The smallest absolute Gasteiger partial charge is 0.150 e. The molecule has 10 nitrogen and oxygen atoms in total. The number of benzene rings is 4. The van der Waals surface area contributed by atoms with E-state index in [9.17, 15) is 9.59 Å². The highest BCUT2D eigenvalue weighted by molar-refractivity contribution is 5.75. The summed E-state index contributed by atoms with van der Waals surface area (Å²) in [5, 5.41) is 0. The summed E-state index contributed by atoms with van der Waals surface area (Å²) in [4.78, 5) is 21.4. The summed E-state index contributed by atoms with van der Waals surface area (Å²) in [5.74, 6) is 2.95. The van der Waals surface area contributed by atoms with Crippen molar-refractivity contribution in [2.75, 3.05) is 79.3 Å². The Labute approximate surface area is 281 Å². The minimum atomic E-state index is 0.423. The van der Waals surface area contributed by atoms with E-state index < -0.39 is 0 Å². The molecule has 4 aromatic carbocycles. The molecule has 0 aliphatic carbocycles. The average Bonchev–Trinajstić information content (AvgIpc) is 3.14. The Balaban J connectivity index is 0.966. The maximum Gasteiger partial charge on any atom is 0.150 e. The van der Waals surface area contributed by atoms with E-state index in [1.807, 2.05) is 48.5 Å².